The van der Waals surface area contributed by atoms with Crippen LogP contribution in [0.1, 0.15) is 329 Å². The monoisotopic (exact) mass is 1180 g/mol. The number of ether oxygens (including phenoxy) is 1. The summed E-state index contributed by atoms with van der Waals surface area (Å²) in [5, 5.41) is 3.04. The van der Waals surface area contributed by atoms with Crippen LogP contribution in [-0.4, -0.2) is 69.4 Å². The number of nitrogens with one attached hydrogen (secondary N) is 1. The van der Waals surface area contributed by atoms with Gasteiger partial charge in [0.05, 0.1) is 33.8 Å². The standard InChI is InChI=1S/C73H135N2O7P/c1-7-10-13-16-19-22-25-28-30-32-34-35-36-37-38-39-41-42-44-47-50-53-56-59-62-65-72(76)74-70(69-81-83(78,79)80-68-67-75(4,5)6)71(64-61-58-55-52-49-46-27-24-21-18-15-12-9-3)82-73(77)66-63-60-57-54-51-48-45-43-40-33-31-29-26-23-20-17-14-11-8-2/h20,23,28-31,40,43,48,51,61,64,70-71H,7-19,21-22,24-27,32-39,41-42,44-47,49-50,52-60,62-63,65-69H2,1-6H3,(H-,74,76,78,79)/b23-20-,30-28+,31-29-,43-40-,51-48-,64-61-. The molecular formula is C73H135N2O7P. The van der Waals surface area contributed by atoms with Crippen LogP contribution in [0.5, 0.6) is 0 Å². The van der Waals surface area contributed by atoms with E-state index in [4.69, 9.17) is 13.8 Å². The molecule has 0 heterocycles. The minimum Gasteiger partial charge on any atom is -0.756 e. The Kier molecular flexibility index (Phi) is 60.6. The van der Waals surface area contributed by atoms with Crippen molar-refractivity contribution in [2.75, 3.05) is 40.9 Å². The molecule has 0 aliphatic heterocycles. The van der Waals surface area contributed by atoms with E-state index in [-0.39, 0.29) is 24.9 Å². The van der Waals surface area contributed by atoms with Crippen molar-refractivity contribution < 1.29 is 37.3 Å². The van der Waals surface area contributed by atoms with Gasteiger partial charge in [-0.2, -0.15) is 0 Å². The third kappa shape index (κ3) is 63.8. The summed E-state index contributed by atoms with van der Waals surface area (Å²) in [7, 11) is 1.17. The molecule has 0 aromatic carbocycles. The number of hydrogen-bond acceptors (Lipinski definition) is 7. The lowest BCUT2D eigenvalue weighted by Gasteiger charge is -2.30. The van der Waals surface area contributed by atoms with Gasteiger partial charge in [0.2, 0.25) is 5.91 Å². The van der Waals surface area contributed by atoms with Gasteiger partial charge in [-0.1, -0.05) is 287 Å². The largest absolute Gasteiger partial charge is 0.756 e. The molecule has 0 saturated carbocycles. The Labute approximate surface area is 514 Å². The predicted molar refractivity (Wildman–Crippen MR) is 358 cm³/mol. The molecule has 0 radical (unpaired) electrons. The van der Waals surface area contributed by atoms with E-state index < -0.39 is 26.6 Å². The fourth-order valence-corrected chi connectivity index (χ4v) is 10.9. The minimum absolute atomic E-state index is 0.0286. The Morgan fingerprint density at radius 1 is 0.422 bits per heavy atom. The van der Waals surface area contributed by atoms with Crippen molar-refractivity contribution in [3.05, 3.63) is 72.9 Å². The molecule has 0 spiro atoms. The maximum atomic E-state index is 13.6. The van der Waals surface area contributed by atoms with E-state index in [1.54, 1.807) is 0 Å². The van der Waals surface area contributed by atoms with Crippen molar-refractivity contribution in [1.29, 1.82) is 0 Å². The van der Waals surface area contributed by atoms with Crippen LogP contribution in [0.15, 0.2) is 72.9 Å². The zero-order valence-electron chi connectivity index (χ0n) is 55.4. The van der Waals surface area contributed by atoms with Crippen LogP contribution in [0.3, 0.4) is 0 Å². The first kappa shape index (κ1) is 80.5. The summed E-state index contributed by atoms with van der Waals surface area (Å²) >= 11 is 0. The summed E-state index contributed by atoms with van der Waals surface area (Å²) in [5.74, 6) is -0.567. The Morgan fingerprint density at radius 2 is 0.735 bits per heavy atom. The number of amides is 1. The summed E-state index contributed by atoms with van der Waals surface area (Å²) in [6.45, 7) is 6.83. The molecule has 83 heavy (non-hydrogen) atoms. The minimum atomic E-state index is -4.71. The van der Waals surface area contributed by atoms with Gasteiger partial charge >= 0.3 is 5.97 Å². The average Bonchev–Trinajstić information content (AvgIpc) is 3.46. The van der Waals surface area contributed by atoms with Gasteiger partial charge in [0.1, 0.15) is 19.3 Å². The number of hydrogen-bond donors (Lipinski definition) is 1. The van der Waals surface area contributed by atoms with E-state index in [1.165, 1.54) is 212 Å². The molecule has 0 saturated heterocycles. The van der Waals surface area contributed by atoms with E-state index in [0.29, 0.717) is 23.9 Å². The van der Waals surface area contributed by atoms with Crippen molar-refractivity contribution in [3.63, 3.8) is 0 Å². The third-order valence-electron chi connectivity index (χ3n) is 15.6. The Balaban J connectivity index is 5.14. The summed E-state index contributed by atoms with van der Waals surface area (Å²) < 4.78 is 30.4. The molecule has 0 aromatic heterocycles. The quantitative estimate of drug-likeness (QED) is 0.0212. The number of allylic oxidation sites excluding steroid dienone is 11. The van der Waals surface area contributed by atoms with Gasteiger partial charge in [-0.3, -0.25) is 14.2 Å². The SMILES string of the molecule is CCCCC/C=C\C/C=C\C/C=C\C/C=C\CCCCCC(=O)OC(/C=C\CCCCCCCCCCCCC)C(COP(=O)([O-])OCC[N+](C)(C)C)NC(=O)CCCCCCCCCCCCCCCCC/C=C/CCCCCCCC. The predicted octanol–water partition coefficient (Wildman–Crippen LogP) is 21.7. The molecule has 3 unspecified atom stereocenters. The molecular weight excluding hydrogens is 1050 g/mol. The first-order valence-electron chi connectivity index (χ1n) is 35.2. The van der Waals surface area contributed by atoms with Gasteiger partial charge in [0.15, 0.2) is 0 Å². The number of phosphoric ester groups is 1. The van der Waals surface area contributed by atoms with Crippen LogP contribution in [0.25, 0.3) is 0 Å². The van der Waals surface area contributed by atoms with Crippen molar-refractivity contribution >= 4 is 19.7 Å². The van der Waals surface area contributed by atoms with Gasteiger partial charge < -0.3 is 28.5 Å². The maximum Gasteiger partial charge on any atom is 0.306 e. The second kappa shape index (κ2) is 62.5. The molecule has 0 aromatic rings. The highest BCUT2D eigenvalue weighted by Gasteiger charge is 2.27. The van der Waals surface area contributed by atoms with Gasteiger partial charge in [0.25, 0.3) is 7.82 Å². The van der Waals surface area contributed by atoms with E-state index in [2.05, 4.69) is 86.8 Å². The molecule has 9 nitrogen and oxygen atoms in total. The Morgan fingerprint density at radius 3 is 1.14 bits per heavy atom. The van der Waals surface area contributed by atoms with E-state index in [0.717, 1.165) is 77.0 Å². The molecule has 1 amide bonds. The summed E-state index contributed by atoms with van der Waals surface area (Å²) in [5.41, 5.74) is 0. The van der Waals surface area contributed by atoms with Crippen molar-refractivity contribution in [1.82, 2.24) is 5.32 Å². The van der Waals surface area contributed by atoms with E-state index in [9.17, 15) is 19.0 Å². The molecule has 0 aliphatic carbocycles. The molecule has 1 N–H and O–H groups in total. The highest BCUT2D eigenvalue weighted by atomic mass is 31.2. The molecule has 0 aliphatic rings. The van der Waals surface area contributed by atoms with Crippen molar-refractivity contribution in [3.8, 4) is 0 Å². The van der Waals surface area contributed by atoms with Crippen molar-refractivity contribution in [2.24, 2.45) is 0 Å². The number of quaternary nitrogens is 1. The number of likely N-dealkylation sites (N-methyl/N-ethyl adjacent to an activating group) is 1. The second-order valence-corrected chi connectivity index (χ2v) is 26.4. The fraction of sp³-hybridized carbons (Fsp3) is 0.808. The number of nitrogens with zero attached hydrogens (tertiary/aromatic N) is 1. The third-order valence-corrected chi connectivity index (χ3v) is 16.6. The lowest BCUT2D eigenvalue weighted by atomic mass is 10.0. The number of carbonyl (C=O) groups is 2. The Bertz CT molecular complexity index is 1650. The van der Waals surface area contributed by atoms with Crippen LogP contribution in [0.4, 0.5) is 0 Å². The summed E-state index contributed by atoms with van der Waals surface area (Å²) in [4.78, 5) is 40.2. The van der Waals surface area contributed by atoms with Crippen LogP contribution in [0, 0.1) is 0 Å². The second-order valence-electron chi connectivity index (χ2n) is 25.0. The number of esters is 1. The average molecular weight is 1180 g/mol. The topological polar surface area (TPSA) is 114 Å². The molecule has 0 bridgehead atoms. The van der Waals surface area contributed by atoms with Gasteiger partial charge in [-0.15, -0.1) is 0 Å². The van der Waals surface area contributed by atoms with Crippen LogP contribution < -0.4 is 10.2 Å². The number of rotatable bonds is 64. The zero-order chi connectivity index (χ0) is 60.7. The number of phosphoric acid groups is 1. The smallest absolute Gasteiger partial charge is 0.306 e. The van der Waals surface area contributed by atoms with E-state index in [1.807, 2.05) is 33.3 Å². The normalized spacial score (nSPS) is 14.0. The highest BCUT2D eigenvalue weighted by Crippen LogP contribution is 2.38. The maximum absolute atomic E-state index is 13.6. The first-order valence-corrected chi connectivity index (χ1v) is 36.7. The molecule has 3 atom stereocenters. The van der Waals surface area contributed by atoms with Crippen LogP contribution >= 0.6 is 7.82 Å². The first-order chi connectivity index (χ1) is 40.4. The van der Waals surface area contributed by atoms with Gasteiger partial charge in [-0.25, -0.2) is 0 Å². The van der Waals surface area contributed by atoms with Gasteiger partial charge in [0, 0.05) is 12.8 Å². The Hall–Kier alpha value is -2.55. The summed E-state index contributed by atoms with van der Waals surface area (Å²) in [6, 6.07) is -0.904. The number of unbranched alkanes of at least 4 members (excludes halogenated alkanes) is 38. The number of carbonyl (C=O) groups excluding carboxylic acids is 2. The molecule has 0 rings (SSSR count). The lowest BCUT2D eigenvalue weighted by Crippen LogP contribution is -2.47. The van der Waals surface area contributed by atoms with Crippen LogP contribution in [-0.2, 0) is 27.9 Å². The lowest BCUT2D eigenvalue weighted by molar-refractivity contribution is -0.870. The van der Waals surface area contributed by atoms with Gasteiger partial charge in [-0.05, 0) is 102 Å². The highest BCUT2D eigenvalue weighted by molar-refractivity contribution is 7.45. The zero-order valence-corrected chi connectivity index (χ0v) is 56.3. The van der Waals surface area contributed by atoms with E-state index >= 15 is 0 Å². The summed E-state index contributed by atoms with van der Waals surface area (Å²) in [6.07, 6.45) is 81.7. The molecule has 10 heteroatoms. The fourth-order valence-electron chi connectivity index (χ4n) is 10.1. The molecule has 484 valence electrons. The molecule has 0 fully saturated rings. The van der Waals surface area contributed by atoms with Crippen LogP contribution in [0.2, 0.25) is 0 Å². The van der Waals surface area contributed by atoms with Crippen molar-refractivity contribution in [2.45, 2.75) is 341 Å².